The number of unbranched alkanes of at least 4 members (excludes halogenated alkanes) is 7. The number of rotatable bonds is 14. The van der Waals surface area contributed by atoms with E-state index in [1.54, 1.807) is 0 Å². The summed E-state index contributed by atoms with van der Waals surface area (Å²) in [6, 6.07) is 0. The van der Waals surface area contributed by atoms with Gasteiger partial charge in [-0.1, -0.05) is 51.2 Å². The smallest absolute Gasteiger partial charge is 0.305 e. The maximum Gasteiger partial charge on any atom is 0.305 e. The minimum Gasteiger partial charge on any atom is -0.463 e. The van der Waals surface area contributed by atoms with Crippen LogP contribution in [0.4, 0.5) is 0 Å². The van der Waals surface area contributed by atoms with Crippen LogP contribution in [0.3, 0.4) is 0 Å². The van der Waals surface area contributed by atoms with E-state index in [-0.39, 0.29) is 19.2 Å². The molecule has 0 aromatic carbocycles. The average molecular weight is 373 g/mol. The van der Waals surface area contributed by atoms with Gasteiger partial charge >= 0.3 is 5.97 Å². The zero-order valence-electron chi connectivity index (χ0n) is 16.0. The second-order valence-electron chi connectivity index (χ2n) is 7.03. The summed E-state index contributed by atoms with van der Waals surface area (Å²) in [5, 5.41) is 28.9. The Kier molecular flexibility index (Phi) is 12.6. The number of allylic oxidation sites excluding steroid dienone is 2. The number of hydrogen-bond donors (Lipinski definition) is 3. The Balaban J connectivity index is 1.95. The second kappa shape index (κ2) is 14.2. The number of aliphatic hydroxyl groups excluding tert-OH is 3. The quantitative estimate of drug-likeness (QED) is 0.246. The second-order valence-corrected chi connectivity index (χ2v) is 7.03. The van der Waals surface area contributed by atoms with Crippen molar-refractivity contribution in [1.29, 1.82) is 0 Å². The van der Waals surface area contributed by atoms with Gasteiger partial charge in [-0.2, -0.15) is 0 Å². The molecular weight excluding hydrogens is 336 g/mol. The van der Waals surface area contributed by atoms with Crippen LogP contribution in [-0.2, 0) is 14.3 Å². The third kappa shape index (κ3) is 9.67. The number of hydrogen-bond acceptors (Lipinski definition) is 6. The molecule has 0 radical (unpaired) electrons. The fraction of sp³-hybridized carbons (Fsp3) is 0.850. The highest BCUT2D eigenvalue weighted by Gasteiger charge is 2.39. The molecule has 3 N–H and O–H groups in total. The van der Waals surface area contributed by atoms with Gasteiger partial charge in [-0.3, -0.25) is 4.79 Å². The maximum absolute atomic E-state index is 11.7. The zero-order valence-corrected chi connectivity index (χ0v) is 16.0. The normalized spacial score (nSPS) is 24.2. The highest BCUT2D eigenvalue weighted by molar-refractivity contribution is 5.69. The zero-order chi connectivity index (χ0) is 19.2. The summed E-state index contributed by atoms with van der Waals surface area (Å²) in [6.07, 6.45) is 10.7. The van der Waals surface area contributed by atoms with Crippen molar-refractivity contribution < 1.29 is 29.6 Å². The average Bonchev–Trinajstić information content (AvgIpc) is 2.96. The lowest BCUT2D eigenvalue weighted by molar-refractivity contribution is -0.151. The van der Waals surface area contributed by atoms with Crippen molar-refractivity contribution in [3.63, 3.8) is 0 Å². The molecule has 0 aromatic heterocycles. The molecule has 0 spiro atoms. The summed E-state index contributed by atoms with van der Waals surface area (Å²) in [7, 11) is 0. The van der Waals surface area contributed by atoms with E-state index in [2.05, 4.69) is 19.1 Å². The third-order valence-corrected chi connectivity index (χ3v) is 4.63. The number of carbonyl (C=O) groups excluding carboxylic acids is 1. The Bertz CT molecular complexity index is 398. The molecule has 6 nitrogen and oxygen atoms in total. The van der Waals surface area contributed by atoms with E-state index >= 15 is 0 Å². The number of aliphatic hydroxyl groups is 3. The molecule has 1 saturated heterocycles. The maximum atomic E-state index is 11.7. The Labute approximate surface area is 157 Å². The Morgan fingerprint density at radius 2 is 1.77 bits per heavy atom. The van der Waals surface area contributed by atoms with Gasteiger partial charge in [-0.25, -0.2) is 0 Å². The summed E-state index contributed by atoms with van der Waals surface area (Å²) in [5.74, 6) is -0.351. The lowest BCUT2D eigenvalue weighted by atomic mass is 10.1. The van der Waals surface area contributed by atoms with E-state index in [0.29, 0.717) is 6.42 Å². The van der Waals surface area contributed by atoms with Gasteiger partial charge in [0.15, 0.2) is 0 Å². The molecule has 4 atom stereocenters. The van der Waals surface area contributed by atoms with E-state index in [1.165, 1.54) is 32.1 Å². The Morgan fingerprint density at radius 1 is 1.12 bits per heavy atom. The van der Waals surface area contributed by atoms with Gasteiger partial charge in [-0.05, 0) is 25.7 Å². The monoisotopic (exact) mass is 372 g/mol. The molecule has 0 bridgehead atoms. The van der Waals surface area contributed by atoms with Crippen LogP contribution < -0.4 is 0 Å². The molecule has 6 heteroatoms. The van der Waals surface area contributed by atoms with Crippen molar-refractivity contribution in [3.8, 4) is 0 Å². The molecule has 1 aliphatic rings. The van der Waals surface area contributed by atoms with E-state index in [0.717, 1.165) is 25.7 Å². The van der Waals surface area contributed by atoms with Gasteiger partial charge < -0.3 is 24.8 Å². The Morgan fingerprint density at radius 3 is 2.42 bits per heavy atom. The molecule has 152 valence electrons. The van der Waals surface area contributed by atoms with E-state index in [1.807, 2.05) is 0 Å². The fourth-order valence-electron chi connectivity index (χ4n) is 2.93. The van der Waals surface area contributed by atoms with Gasteiger partial charge in [-0.15, -0.1) is 0 Å². The van der Waals surface area contributed by atoms with Gasteiger partial charge in [0, 0.05) is 6.42 Å². The van der Waals surface area contributed by atoms with Crippen LogP contribution in [-0.4, -0.2) is 58.9 Å². The topological polar surface area (TPSA) is 96.2 Å². The van der Waals surface area contributed by atoms with Gasteiger partial charge in [0.1, 0.15) is 31.0 Å². The lowest BCUT2D eigenvalue weighted by Crippen LogP contribution is -2.41. The first-order valence-corrected chi connectivity index (χ1v) is 10.0. The number of carbonyl (C=O) groups is 1. The third-order valence-electron chi connectivity index (χ3n) is 4.63. The van der Waals surface area contributed by atoms with Crippen molar-refractivity contribution in [1.82, 2.24) is 0 Å². The first-order chi connectivity index (χ1) is 12.6. The predicted molar refractivity (Wildman–Crippen MR) is 99.7 cm³/mol. The minimum absolute atomic E-state index is 0.0224. The van der Waals surface area contributed by atoms with E-state index < -0.39 is 24.4 Å². The fourth-order valence-corrected chi connectivity index (χ4v) is 2.93. The molecule has 0 aliphatic carbocycles. The SMILES string of the molecule is CCCC/C=C/CCCCCCCC(=O)OCC(O)C1OCC(O)C1O. The minimum atomic E-state index is -1.15. The first kappa shape index (κ1) is 23.1. The van der Waals surface area contributed by atoms with Crippen molar-refractivity contribution >= 4 is 5.97 Å². The molecule has 4 unspecified atom stereocenters. The van der Waals surface area contributed by atoms with Crippen LogP contribution in [0, 0.1) is 0 Å². The molecule has 0 amide bonds. The summed E-state index contributed by atoms with van der Waals surface area (Å²) in [6.45, 7) is 1.95. The van der Waals surface area contributed by atoms with Crippen molar-refractivity contribution in [3.05, 3.63) is 12.2 Å². The number of ether oxygens (including phenoxy) is 2. The summed E-state index contributed by atoms with van der Waals surface area (Å²) in [4.78, 5) is 11.7. The van der Waals surface area contributed by atoms with E-state index in [9.17, 15) is 20.1 Å². The predicted octanol–water partition coefficient (Wildman–Crippen LogP) is 2.49. The van der Waals surface area contributed by atoms with Gasteiger partial charge in [0.25, 0.3) is 0 Å². The highest BCUT2D eigenvalue weighted by atomic mass is 16.6. The Hall–Kier alpha value is -0.950. The van der Waals surface area contributed by atoms with Crippen LogP contribution in [0.1, 0.15) is 71.1 Å². The molecule has 0 saturated carbocycles. The first-order valence-electron chi connectivity index (χ1n) is 10.0. The van der Waals surface area contributed by atoms with Crippen LogP contribution >= 0.6 is 0 Å². The molecule has 26 heavy (non-hydrogen) atoms. The molecular formula is C20H36O6. The number of esters is 1. The van der Waals surface area contributed by atoms with Crippen LogP contribution in [0.2, 0.25) is 0 Å². The molecule has 1 fully saturated rings. The standard InChI is InChI=1S/C20H36O6/c1-2-3-4-5-6-7-8-9-10-11-12-13-18(23)25-15-17(22)20-19(24)16(21)14-26-20/h5-6,16-17,19-22,24H,2-4,7-15H2,1H3/b6-5+. The summed E-state index contributed by atoms with van der Waals surface area (Å²) >= 11 is 0. The molecule has 1 aliphatic heterocycles. The van der Waals surface area contributed by atoms with E-state index in [4.69, 9.17) is 9.47 Å². The van der Waals surface area contributed by atoms with Crippen molar-refractivity contribution in [2.24, 2.45) is 0 Å². The largest absolute Gasteiger partial charge is 0.463 e. The molecule has 0 aromatic rings. The van der Waals surface area contributed by atoms with Crippen LogP contribution in [0.5, 0.6) is 0 Å². The van der Waals surface area contributed by atoms with Gasteiger partial charge in [0.2, 0.25) is 0 Å². The van der Waals surface area contributed by atoms with Gasteiger partial charge in [0.05, 0.1) is 6.61 Å². The van der Waals surface area contributed by atoms with Crippen LogP contribution in [0.25, 0.3) is 0 Å². The lowest BCUT2D eigenvalue weighted by Gasteiger charge is -2.20. The van der Waals surface area contributed by atoms with Crippen molar-refractivity contribution in [2.45, 2.75) is 95.5 Å². The molecule has 1 rings (SSSR count). The highest BCUT2D eigenvalue weighted by Crippen LogP contribution is 2.18. The van der Waals surface area contributed by atoms with Crippen LogP contribution in [0.15, 0.2) is 12.2 Å². The molecule has 1 heterocycles. The summed E-state index contributed by atoms with van der Waals surface area (Å²) in [5.41, 5.74) is 0. The van der Waals surface area contributed by atoms with Crippen molar-refractivity contribution in [2.75, 3.05) is 13.2 Å². The summed E-state index contributed by atoms with van der Waals surface area (Å²) < 4.78 is 10.1.